The summed E-state index contributed by atoms with van der Waals surface area (Å²) in [5.74, 6) is 0.588. The van der Waals surface area contributed by atoms with E-state index >= 15 is 0 Å². The third kappa shape index (κ3) is 2.97. The van der Waals surface area contributed by atoms with Gasteiger partial charge in [-0.3, -0.25) is 4.79 Å². The van der Waals surface area contributed by atoms with Crippen molar-refractivity contribution < 1.29 is 4.79 Å². The predicted molar refractivity (Wildman–Crippen MR) is 71.4 cm³/mol. The van der Waals surface area contributed by atoms with E-state index < -0.39 is 0 Å². The van der Waals surface area contributed by atoms with E-state index in [1.807, 2.05) is 26.0 Å². The van der Waals surface area contributed by atoms with Gasteiger partial charge in [0.1, 0.15) is 5.82 Å². The van der Waals surface area contributed by atoms with Gasteiger partial charge in [-0.05, 0) is 38.1 Å². The molecule has 0 unspecified atom stereocenters. The van der Waals surface area contributed by atoms with E-state index in [0.29, 0.717) is 18.8 Å². The Labute approximate surface area is 107 Å². The van der Waals surface area contributed by atoms with Crippen LogP contribution in [0, 0.1) is 13.8 Å². The van der Waals surface area contributed by atoms with Crippen molar-refractivity contribution in [3.05, 3.63) is 47.9 Å². The van der Waals surface area contributed by atoms with Crippen molar-refractivity contribution in [1.82, 2.24) is 9.55 Å². The van der Waals surface area contributed by atoms with Crippen molar-refractivity contribution >= 4 is 11.7 Å². The van der Waals surface area contributed by atoms with Crippen LogP contribution in [0.1, 0.15) is 17.8 Å². The first-order chi connectivity index (χ1) is 8.66. The van der Waals surface area contributed by atoms with Crippen LogP contribution in [0.4, 0.5) is 5.82 Å². The predicted octanol–water partition coefficient (Wildman–Crippen LogP) is 2.53. The Morgan fingerprint density at radius 1 is 1.22 bits per heavy atom. The first-order valence-corrected chi connectivity index (χ1v) is 6.00. The molecular formula is C14H17N3O. The molecule has 94 valence electrons. The molecule has 18 heavy (non-hydrogen) atoms. The first kappa shape index (κ1) is 12.4. The van der Waals surface area contributed by atoms with Gasteiger partial charge in [-0.25, -0.2) is 4.98 Å². The SMILES string of the molecule is Cc1ccc(C)n1CCC(=O)Nc1ccccn1. The lowest BCUT2D eigenvalue weighted by Crippen LogP contribution is -2.16. The molecule has 0 aliphatic carbocycles. The summed E-state index contributed by atoms with van der Waals surface area (Å²) >= 11 is 0. The van der Waals surface area contributed by atoms with Crippen molar-refractivity contribution in [2.75, 3.05) is 5.32 Å². The van der Waals surface area contributed by atoms with Gasteiger partial charge < -0.3 is 9.88 Å². The minimum Gasteiger partial charge on any atom is -0.349 e. The van der Waals surface area contributed by atoms with Gasteiger partial charge in [0.25, 0.3) is 0 Å². The number of carbonyl (C=O) groups is 1. The summed E-state index contributed by atoms with van der Waals surface area (Å²) in [6, 6.07) is 9.58. The number of carbonyl (C=O) groups excluding carboxylic acids is 1. The van der Waals surface area contributed by atoms with Crippen LogP contribution in [-0.2, 0) is 11.3 Å². The van der Waals surface area contributed by atoms with Crippen LogP contribution >= 0.6 is 0 Å². The van der Waals surface area contributed by atoms with E-state index in [1.54, 1.807) is 12.3 Å². The van der Waals surface area contributed by atoms with Crippen LogP contribution in [0.15, 0.2) is 36.5 Å². The van der Waals surface area contributed by atoms with Crippen LogP contribution in [0.5, 0.6) is 0 Å². The normalized spacial score (nSPS) is 10.3. The zero-order valence-electron chi connectivity index (χ0n) is 10.7. The van der Waals surface area contributed by atoms with Gasteiger partial charge in [0, 0.05) is 30.6 Å². The number of aryl methyl sites for hydroxylation is 2. The molecule has 0 saturated carbocycles. The number of rotatable bonds is 4. The molecule has 4 nitrogen and oxygen atoms in total. The molecule has 0 aliphatic rings. The number of aromatic nitrogens is 2. The van der Waals surface area contributed by atoms with E-state index in [-0.39, 0.29) is 5.91 Å². The van der Waals surface area contributed by atoms with Crippen LogP contribution in [0.25, 0.3) is 0 Å². The minimum absolute atomic E-state index is 0.0128. The molecule has 0 atom stereocenters. The molecule has 0 fully saturated rings. The van der Waals surface area contributed by atoms with Crippen LogP contribution in [0.3, 0.4) is 0 Å². The number of amides is 1. The molecule has 0 aliphatic heterocycles. The number of nitrogens with zero attached hydrogens (tertiary/aromatic N) is 2. The minimum atomic E-state index is -0.0128. The first-order valence-electron chi connectivity index (χ1n) is 6.00. The number of hydrogen-bond donors (Lipinski definition) is 1. The second-order valence-electron chi connectivity index (χ2n) is 4.28. The molecule has 4 heteroatoms. The number of anilines is 1. The maximum Gasteiger partial charge on any atom is 0.227 e. The summed E-state index contributed by atoms with van der Waals surface area (Å²) in [6.07, 6.45) is 2.11. The Bertz CT molecular complexity index is 512. The summed E-state index contributed by atoms with van der Waals surface area (Å²) in [5.41, 5.74) is 2.36. The molecule has 0 spiro atoms. The van der Waals surface area contributed by atoms with E-state index in [1.165, 1.54) is 11.4 Å². The summed E-state index contributed by atoms with van der Waals surface area (Å²) in [7, 11) is 0. The van der Waals surface area contributed by atoms with E-state index in [9.17, 15) is 4.79 Å². The lowest BCUT2D eigenvalue weighted by Gasteiger charge is -2.09. The van der Waals surface area contributed by atoms with Gasteiger partial charge >= 0.3 is 0 Å². The summed E-state index contributed by atoms with van der Waals surface area (Å²) < 4.78 is 2.14. The fourth-order valence-electron chi connectivity index (χ4n) is 1.91. The average Bonchev–Trinajstić information content (AvgIpc) is 2.68. The monoisotopic (exact) mass is 243 g/mol. The molecule has 1 N–H and O–H groups in total. The molecule has 1 amide bonds. The van der Waals surface area contributed by atoms with Crippen molar-refractivity contribution in [3.63, 3.8) is 0 Å². The van der Waals surface area contributed by atoms with Crippen LogP contribution in [-0.4, -0.2) is 15.5 Å². The molecule has 2 aromatic heterocycles. The number of nitrogens with one attached hydrogen (secondary N) is 1. The highest BCUT2D eigenvalue weighted by molar-refractivity contribution is 5.89. The Hall–Kier alpha value is -2.10. The molecule has 0 radical (unpaired) electrons. The van der Waals surface area contributed by atoms with Gasteiger partial charge in [0.05, 0.1) is 0 Å². The Morgan fingerprint density at radius 2 is 1.94 bits per heavy atom. The summed E-state index contributed by atoms with van der Waals surface area (Å²) in [4.78, 5) is 15.8. The highest BCUT2D eigenvalue weighted by Crippen LogP contribution is 2.08. The molecule has 2 heterocycles. The lowest BCUT2D eigenvalue weighted by atomic mass is 10.3. The molecule has 0 aromatic carbocycles. The second kappa shape index (κ2) is 5.49. The zero-order valence-corrected chi connectivity index (χ0v) is 10.7. The van der Waals surface area contributed by atoms with Gasteiger partial charge in [0.2, 0.25) is 5.91 Å². The second-order valence-corrected chi connectivity index (χ2v) is 4.28. The average molecular weight is 243 g/mol. The molecule has 0 bridgehead atoms. The van der Waals surface area contributed by atoms with E-state index in [2.05, 4.69) is 27.0 Å². The Morgan fingerprint density at radius 3 is 2.56 bits per heavy atom. The molecule has 2 rings (SSSR count). The fourth-order valence-corrected chi connectivity index (χ4v) is 1.91. The molecular weight excluding hydrogens is 226 g/mol. The van der Waals surface area contributed by atoms with Crippen molar-refractivity contribution in [2.24, 2.45) is 0 Å². The van der Waals surface area contributed by atoms with Crippen LogP contribution in [0.2, 0.25) is 0 Å². The maximum absolute atomic E-state index is 11.8. The number of hydrogen-bond acceptors (Lipinski definition) is 2. The quantitative estimate of drug-likeness (QED) is 0.897. The summed E-state index contributed by atoms with van der Waals surface area (Å²) in [5, 5.41) is 2.78. The van der Waals surface area contributed by atoms with Crippen molar-refractivity contribution in [2.45, 2.75) is 26.8 Å². The Kier molecular flexibility index (Phi) is 3.77. The topological polar surface area (TPSA) is 46.9 Å². The van der Waals surface area contributed by atoms with Gasteiger partial charge in [0.15, 0.2) is 0 Å². The third-order valence-electron chi connectivity index (χ3n) is 2.91. The number of pyridine rings is 1. The van der Waals surface area contributed by atoms with E-state index in [0.717, 1.165) is 0 Å². The lowest BCUT2D eigenvalue weighted by molar-refractivity contribution is -0.116. The van der Waals surface area contributed by atoms with Gasteiger partial charge in [-0.15, -0.1) is 0 Å². The highest BCUT2D eigenvalue weighted by Gasteiger charge is 2.06. The fraction of sp³-hybridized carbons (Fsp3) is 0.286. The van der Waals surface area contributed by atoms with Gasteiger partial charge in [-0.1, -0.05) is 6.07 Å². The van der Waals surface area contributed by atoms with Crippen molar-refractivity contribution in [1.29, 1.82) is 0 Å². The standard InChI is InChI=1S/C14H17N3O/c1-11-6-7-12(2)17(11)10-8-14(18)16-13-5-3-4-9-15-13/h3-7,9H,8,10H2,1-2H3,(H,15,16,18). The van der Waals surface area contributed by atoms with Gasteiger partial charge in [-0.2, -0.15) is 0 Å². The largest absolute Gasteiger partial charge is 0.349 e. The maximum atomic E-state index is 11.8. The zero-order chi connectivity index (χ0) is 13.0. The molecule has 2 aromatic rings. The molecule has 0 saturated heterocycles. The highest BCUT2D eigenvalue weighted by atomic mass is 16.1. The summed E-state index contributed by atoms with van der Waals surface area (Å²) in [6.45, 7) is 4.79. The van der Waals surface area contributed by atoms with Crippen molar-refractivity contribution in [3.8, 4) is 0 Å². The Balaban J connectivity index is 1.89. The van der Waals surface area contributed by atoms with Crippen LogP contribution < -0.4 is 5.32 Å². The van der Waals surface area contributed by atoms with E-state index in [4.69, 9.17) is 0 Å². The smallest absolute Gasteiger partial charge is 0.227 e. The third-order valence-corrected chi connectivity index (χ3v) is 2.91.